The predicted octanol–water partition coefficient (Wildman–Crippen LogP) is 3.08. The van der Waals surface area contributed by atoms with Crippen LogP contribution in [0.4, 0.5) is 5.69 Å². The molecule has 1 aliphatic heterocycles. The van der Waals surface area contributed by atoms with Gasteiger partial charge in [0, 0.05) is 18.8 Å². The molecule has 3 nitrogen and oxygen atoms in total. The van der Waals surface area contributed by atoms with Crippen LogP contribution >= 0.6 is 0 Å². The molecule has 1 aromatic carbocycles. The van der Waals surface area contributed by atoms with Gasteiger partial charge in [0.15, 0.2) is 0 Å². The minimum Gasteiger partial charge on any atom is -0.481 e. The number of para-hydroxylation sites is 1. The SMILES string of the molecule is Cc1ccccc1N1CCCC(C)(CC(=O)O)C1. The number of hydrogen-bond donors (Lipinski definition) is 1. The third-order valence-corrected chi connectivity index (χ3v) is 3.82. The lowest BCUT2D eigenvalue weighted by atomic mass is 9.79. The van der Waals surface area contributed by atoms with Gasteiger partial charge in [-0.3, -0.25) is 4.79 Å². The highest BCUT2D eigenvalue weighted by atomic mass is 16.4. The van der Waals surface area contributed by atoms with E-state index in [4.69, 9.17) is 5.11 Å². The van der Waals surface area contributed by atoms with Gasteiger partial charge in [0.05, 0.1) is 6.42 Å². The number of aliphatic carboxylic acids is 1. The number of rotatable bonds is 3. The van der Waals surface area contributed by atoms with Crippen LogP contribution in [0.5, 0.6) is 0 Å². The van der Waals surface area contributed by atoms with Crippen molar-refractivity contribution < 1.29 is 9.90 Å². The first-order valence-corrected chi connectivity index (χ1v) is 6.53. The average Bonchev–Trinajstić information content (AvgIpc) is 2.27. The highest BCUT2D eigenvalue weighted by Crippen LogP contribution is 2.35. The molecule has 0 bridgehead atoms. The van der Waals surface area contributed by atoms with Crippen molar-refractivity contribution in [3.63, 3.8) is 0 Å². The fraction of sp³-hybridized carbons (Fsp3) is 0.533. The van der Waals surface area contributed by atoms with Crippen LogP contribution in [0.2, 0.25) is 0 Å². The molecule has 0 spiro atoms. The monoisotopic (exact) mass is 247 g/mol. The summed E-state index contributed by atoms with van der Waals surface area (Å²) in [7, 11) is 0. The minimum atomic E-state index is -0.691. The van der Waals surface area contributed by atoms with E-state index < -0.39 is 5.97 Å². The summed E-state index contributed by atoms with van der Waals surface area (Å²) in [6, 6.07) is 8.32. The number of anilines is 1. The average molecular weight is 247 g/mol. The zero-order valence-corrected chi connectivity index (χ0v) is 11.1. The van der Waals surface area contributed by atoms with Crippen molar-refractivity contribution in [3.05, 3.63) is 29.8 Å². The predicted molar refractivity (Wildman–Crippen MR) is 73.0 cm³/mol. The first-order chi connectivity index (χ1) is 8.50. The molecule has 3 heteroatoms. The molecule has 1 saturated heterocycles. The first kappa shape index (κ1) is 12.9. The molecule has 1 fully saturated rings. The second-order valence-corrected chi connectivity index (χ2v) is 5.69. The molecule has 0 aliphatic carbocycles. The van der Waals surface area contributed by atoms with Gasteiger partial charge in [0.1, 0.15) is 0 Å². The van der Waals surface area contributed by atoms with Gasteiger partial charge in [-0.2, -0.15) is 0 Å². The molecule has 0 saturated carbocycles. The Bertz CT molecular complexity index is 444. The van der Waals surface area contributed by atoms with Gasteiger partial charge < -0.3 is 10.0 Å². The summed E-state index contributed by atoms with van der Waals surface area (Å²) >= 11 is 0. The molecule has 1 aromatic rings. The van der Waals surface area contributed by atoms with E-state index in [1.54, 1.807) is 0 Å². The fourth-order valence-electron chi connectivity index (χ4n) is 2.95. The summed E-state index contributed by atoms with van der Waals surface area (Å²) in [4.78, 5) is 13.3. The third kappa shape index (κ3) is 2.84. The Kier molecular flexibility index (Phi) is 3.60. The number of benzene rings is 1. The van der Waals surface area contributed by atoms with Crippen molar-refractivity contribution in [3.8, 4) is 0 Å². The highest BCUT2D eigenvalue weighted by molar-refractivity contribution is 5.68. The number of aryl methyl sites for hydroxylation is 1. The molecule has 18 heavy (non-hydrogen) atoms. The number of carbonyl (C=O) groups is 1. The Morgan fingerprint density at radius 2 is 2.17 bits per heavy atom. The lowest BCUT2D eigenvalue weighted by Gasteiger charge is -2.41. The lowest BCUT2D eigenvalue weighted by molar-refractivity contribution is -0.139. The standard InChI is InChI=1S/C15H21NO2/c1-12-6-3-4-7-13(12)16-9-5-8-15(2,11-16)10-14(17)18/h3-4,6-7H,5,8-11H2,1-2H3,(H,17,18). The molecule has 1 heterocycles. The molecule has 0 aromatic heterocycles. The first-order valence-electron chi connectivity index (χ1n) is 6.53. The molecule has 2 rings (SSSR count). The molecule has 1 aliphatic rings. The Morgan fingerprint density at radius 1 is 1.44 bits per heavy atom. The maximum atomic E-state index is 11.0. The minimum absolute atomic E-state index is 0.105. The molecule has 1 N–H and O–H groups in total. The van der Waals surface area contributed by atoms with Gasteiger partial charge >= 0.3 is 5.97 Å². The van der Waals surface area contributed by atoms with Gasteiger partial charge in [-0.1, -0.05) is 25.1 Å². The van der Waals surface area contributed by atoms with Gasteiger partial charge in [-0.05, 0) is 36.8 Å². The van der Waals surface area contributed by atoms with Crippen molar-refractivity contribution in [1.82, 2.24) is 0 Å². The number of piperidine rings is 1. The van der Waals surface area contributed by atoms with E-state index in [0.717, 1.165) is 25.9 Å². The van der Waals surface area contributed by atoms with E-state index in [-0.39, 0.29) is 11.8 Å². The van der Waals surface area contributed by atoms with Crippen LogP contribution < -0.4 is 4.90 Å². The van der Waals surface area contributed by atoms with Crippen LogP contribution in [-0.4, -0.2) is 24.2 Å². The Hall–Kier alpha value is -1.51. The molecule has 1 atom stereocenters. The quantitative estimate of drug-likeness (QED) is 0.892. The molecule has 98 valence electrons. The zero-order chi connectivity index (χ0) is 13.2. The maximum Gasteiger partial charge on any atom is 0.303 e. The second-order valence-electron chi connectivity index (χ2n) is 5.69. The largest absolute Gasteiger partial charge is 0.481 e. The summed E-state index contributed by atoms with van der Waals surface area (Å²) in [5.41, 5.74) is 2.40. The van der Waals surface area contributed by atoms with Gasteiger partial charge in [-0.15, -0.1) is 0 Å². The van der Waals surface area contributed by atoms with Crippen LogP contribution in [0.1, 0.15) is 31.7 Å². The van der Waals surface area contributed by atoms with Crippen LogP contribution in [0, 0.1) is 12.3 Å². The number of carboxylic acid groups (broad SMARTS) is 1. The molecule has 0 radical (unpaired) electrons. The molecule has 0 amide bonds. The van der Waals surface area contributed by atoms with Crippen LogP contribution in [-0.2, 0) is 4.79 Å². The number of carboxylic acids is 1. The fourth-order valence-corrected chi connectivity index (χ4v) is 2.95. The summed E-state index contributed by atoms with van der Waals surface area (Å²) in [6.45, 7) is 6.06. The summed E-state index contributed by atoms with van der Waals surface area (Å²) in [5, 5.41) is 9.02. The zero-order valence-electron chi connectivity index (χ0n) is 11.1. The normalized spacial score (nSPS) is 24.0. The Morgan fingerprint density at radius 3 is 2.83 bits per heavy atom. The van der Waals surface area contributed by atoms with Crippen molar-refractivity contribution in [2.24, 2.45) is 5.41 Å². The van der Waals surface area contributed by atoms with Gasteiger partial charge in [0.25, 0.3) is 0 Å². The van der Waals surface area contributed by atoms with E-state index in [9.17, 15) is 4.79 Å². The Balaban J connectivity index is 2.16. The van der Waals surface area contributed by atoms with E-state index >= 15 is 0 Å². The Labute approximate surface area is 108 Å². The maximum absolute atomic E-state index is 11.0. The summed E-state index contributed by atoms with van der Waals surface area (Å²) in [5.74, 6) is -0.691. The third-order valence-electron chi connectivity index (χ3n) is 3.82. The van der Waals surface area contributed by atoms with Crippen molar-refractivity contribution in [2.75, 3.05) is 18.0 Å². The second kappa shape index (κ2) is 5.01. The van der Waals surface area contributed by atoms with Crippen LogP contribution in [0.15, 0.2) is 24.3 Å². The van der Waals surface area contributed by atoms with Crippen LogP contribution in [0.3, 0.4) is 0 Å². The van der Waals surface area contributed by atoms with Crippen LogP contribution in [0.25, 0.3) is 0 Å². The van der Waals surface area contributed by atoms with E-state index in [1.165, 1.54) is 11.3 Å². The topological polar surface area (TPSA) is 40.5 Å². The van der Waals surface area contributed by atoms with E-state index in [1.807, 2.05) is 12.1 Å². The molecular formula is C15H21NO2. The number of nitrogens with zero attached hydrogens (tertiary/aromatic N) is 1. The smallest absolute Gasteiger partial charge is 0.303 e. The highest BCUT2D eigenvalue weighted by Gasteiger charge is 2.33. The van der Waals surface area contributed by atoms with Crippen molar-refractivity contribution in [2.45, 2.75) is 33.1 Å². The van der Waals surface area contributed by atoms with Crippen molar-refractivity contribution in [1.29, 1.82) is 0 Å². The van der Waals surface area contributed by atoms with E-state index in [2.05, 4.69) is 30.9 Å². The lowest BCUT2D eigenvalue weighted by Crippen LogP contribution is -2.43. The van der Waals surface area contributed by atoms with Gasteiger partial charge in [-0.25, -0.2) is 0 Å². The summed E-state index contributed by atoms with van der Waals surface area (Å²) in [6.07, 6.45) is 2.33. The molecule has 1 unspecified atom stereocenters. The van der Waals surface area contributed by atoms with Gasteiger partial charge in [0.2, 0.25) is 0 Å². The summed E-state index contributed by atoms with van der Waals surface area (Å²) < 4.78 is 0. The number of hydrogen-bond acceptors (Lipinski definition) is 2. The molecular weight excluding hydrogens is 226 g/mol. The van der Waals surface area contributed by atoms with Crippen molar-refractivity contribution >= 4 is 11.7 Å². The van der Waals surface area contributed by atoms with E-state index in [0.29, 0.717) is 0 Å².